The summed E-state index contributed by atoms with van der Waals surface area (Å²) in [6.45, 7) is 4.05. The summed E-state index contributed by atoms with van der Waals surface area (Å²) in [5.41, 5.74) is 7.97. The Bertz CT molecular complexity index is 651. The number of nitrogens with one attached hydrogen (secondary N) is 1. The zero-order valence-corrected chi connectivity index (χ0v) is 13.5. The van der Waals surface area contributed by atoms with E-state index in [4.69, 9.17) is 5.73 Å². The number of rotatable bonds is 4. The lowest BCUT2D eigenvalue weighted by Crippen LogP contribution is -2.22. The van der Waals surface area contributed by atoms with E-state index in [1.54, 1.807) is 48.5 Å². The largest absolute Gasteiger partial charge is 0.397 e. The van der Waals surface area contributed by atoms with E-state index in [0.29, 0.717) is 11.3 Å². The molecule has 2 rings (SSSR count). The fourth-order valence-corrected chi connectivity index (χ4v) is 2.72. The lowest BCUT2D eigenvalue weighted by atomic mass is 10.1. The van der Waals surface area contributed by atoms with Gasteiger partial charge in [-0.15, -0.1) is 11.3 Å². The minimum Gasteiger partial charge on any atom is -0.397 e. The number of anilines is 2. The van der Waals surface area contributed by atoms with Crippen LogP contribution in [0.4, 0.5) is 11.4 Å². The van der Waals surface area contributed by atoms with E-state index in [1.807, 2.05) is 20.0 Å². The van der Waals surface area contributed by atoms with Crippen molar-refractivity contribution in [2.45, 2.75) is 19.9 Å². The van der Waals surface area contributed by atoms with Gasteiger partial charge in [-0.3, -0.25) is 4.79 Å². The van der Waals surface area contributed by atoms with Crippen molar-refractivity contribution >= 4 is 28.6 Å². The Hall–Kier alpha value is -2.08. The van der Waals surface area contributed by atoms with Crippen molar-refractivity contribution in [1.82, 2.24) is 9.88 Å². The Kier molecular flexibility index (Phi) is 4.47. The van der Waals surface area contributed by atoms with E-state index in [9.17, 15) is 4.79 Å². The van der Waals surface area contributed by atoms with E-state index in [0.717, 1.165) is 10.7 Å². The highest BCUT2D eigenvalue weighted by atomic mass is 32.1. The Labute approximate surface area is 128 Å². The van der Waals surface area contributed by atoms with E-state index in [2.05, 4.69) is 10.3 Å². The molecule has 0 spiro atoms. The number of nitrogen functional groups attached to an aromatic ring is 1. The number of thiazole rings is 1. The second-order valence-electron chi connectivity index (χ2n) is 5.18. The van der Waals surface area contributed by atoms with Gasteiger partial charge in [0.2, 0.25) is 0 Å². The molecule has 0 radical (unpaired) electrons. The van der Waals surface area contributed by atoms with Crippen molar-refractivity contribution in [2.24, 2.45) is 0 Å². The van der Waals surface area contributed by atoms with Crippen LogP contribution in [0.15, 0.2) is 24.4 Å². The number of nitrogens with zero attached hydrogens (tertiary/aromatic N) is 2. The fourth-order valence-electron chi connectivity index (χ4n) is 1.94. The summed E-state index contributed by atoms with van der Waals surface area (Å²) in [5, 5.41) is 4.32. The summed E-state index contributed by atoms with van der Waals surface area (Å²) in [5.74, 6) is -0.0456. The van der Waals surface area contributed by atoms with E-state index in [1.165, 1.54) is 4.88 Å². The SMILES string of the molecule is Cc1cnc(C(C)Nc2cc(C(=O)N(C)C)ccc2N)s1. The summed E-state index contributed by atoms with van der Waals surface area (Å²) in [4.78, 5) is 19.1. The van der Waals surface area contributed by atoms with Gasteiger partial charge in [-0.1, -0.05) is 0 Å². The number of nitrogens with two attached hydrogens (primary N) is 1. The van der Waals surface area contributed by atoms with Crippen LogP contribution in [0.3, 0.4) is 0 Å². The molecule has 0 fully saturated rings. The van der Waals surface area contributed by atoms with Crippen molar-refractivity contribution in [3.8, 4) is 0 Å². The molecule has 3 N–H and O–H groups in total. The second-order valence-corrected chi connectivity index (χ2v) is 6.44. The van der Waals surface area contributed by atoms with Crippen LogP contribution in [0.25, 0.3) is 0 Å². The van der Waals surface area contributed by atoms with Gasteiger partial charge in [0.25, 0.3) is 5.91 Å². The van der Waals surface area contributed by atoms with Crippen molar-refractivity contribution in [3.63, 3.8) is 0 Å². The highest BCUT2D eigenvalue weighted by Crippen LogP contribution is 2.27. The summed E-state index contributed by atoms with van der Waals surface area (Å²) in [7, 11) is 3.46. The average molecular weight is 304 g/mol. The maximum absolute atomic E-state index is 12.0. The first kappa shape index (κ1) is 15.3. The standard InChI is InChI=1S/C15H20N4OS/c1-9-8-17-14(21-9)10(2)18-13-7-11(5-6-12(13)16)15(20)19(3)4/h5-8,10,18H,16H2,1-4H3. The first-order valence-electron chi connectivity index (χ1n) is 6.68. The molecule has 1 unspecified atom stereocenters. The molecule has 21 heavy (non-hydrogen) atoms. The van der Waals surface area contributed by atoms with Crippen LogP contribution in [0.2, 0.25) is 0 Å². The molecule has 0 aliphatic rings. The lowest BCUT2D eigenvalue weighted by molar-refractivity contribution is 0.0827. The predicted molar refractivity (Wildman–Crippen MR) is 87.8 cm³/mol. The van der Waals surface area contributed by atoms with Crippen LogP contribution < -0.4 is 11.1 Å². The molecule has 1 aromatic carbocycles. The monoisotopic (exact) mass is 304 g/mol. The normalized spacial score (nSPS) is 12.0. The van der Waals surface area contributed by atoms with E-state index < -0.39 is 0 Å². The number of amides is 1. The predicted octanol–water partition coefficient (Wildman–Crippen LogP) is 2.91. The molecule has 5 nitrogen and oxygen atoms in total. The third-order valence-electron chi connectivity index (χ3n) is 3.09. The molecule has 112 valence electrons. The molecule has 0 saturated heterocycles. The number of benzene rings is 1. The molecular formula is C15H20N4OS. The van der Waals surface area contributed by atoms with Crippen LogP contribution in [0, 0.1) is 6.92 Å². The maximum atomic E-state index is 12.0. The first-order chi connectivity index (χ1) is 9.88. The number of hydrogen-bond donors (Lipinski definition) is 2. The number of carbonyl (C=O) groups excluding carboxylic acids is 1. The number of carbonyl (C=O) groups is 1. The smallest absolute Gasteiger partial charge is 0.253 e. The minimum absolute atomic E-state index is 0.0377. The Balaban J connectivity index is 2.23. The quantitative estimate of drug-likeness (QED) is 0.852. The van der Waals surface area contributed by atoms with Crippen LogP contribution in [-0.4, -0.2) is 29.9 Å². The zero-order valence-electron chi connectivity index (χ0n) is 12.7. The van der Waals surface area contributed by atoms with Gasteiger partial charge in [0.15, 0.2) is 0 Å². The van der Waals surface area contributed by atoms with E-state index in [-0.39, 0.29) is 11.9 Å². The third kappa shape index (κ3) is 3.52. The summed E-state index contributed by atoms with van der Waals surface area (Å²) < 4.78 is 0. The molecule has 0 aliphatic heterocycles. The Morgan fingerprint density at radius 1 is 1.43 bits per heavy atom. The second kappa shape index (κ2) is 6.13. The number of hydrogen-bond acceptors (Lipinski definition) is 5. The number of aryl methyl sites for hydroxylation is 1. The highest BCUT2D eigenvalue weighted by molar-refractivity contribution is 7.11. The molecule has 6 heteroatoms. The van der Waals surface area contributed by atoms with Gasteiger partial charge in [-0.2, -0.15) is 0 Å². The summed E-state index contributed by atoms with van der Waals surface area (Å²) in [6, 6.07) is 5.31. The number of aromatic nitrogens is 1. The molecule has 1 aromatic heterocycles. The molecule has 1 amide bonds. The van der Waals surface area contributed by atoms with Gasteiger partial charge >= 0.3 is 0 Å². The van der Waals surface area contributed by atoms with Crippen LogP contribution in [-0.2, 0) is 0 Å². The Morgan fingerprint density at radius 3 is 2.71 bits per heavy atom. The average Bonchev–Trinajstić information content (AvgIpc) is 2.87. The van der Waals surface area contributed by atoms with Crippen molar-refractivity contribution in [3.05, 3.63) is 39.8 Å². The zero-order chi connectivity index (χ0) is 15.6. The molecule has 0 bridgehead atoms. The maximum Gasteiger partial charge on any atom is 0.253 e. The molecular weight excluding hydrogens is 284 g/mol. The van der Waals surface area contributed by atoms with Gasteiger partial charge in [-0.25, -0.2) is 4.98 Å². The molecule has 0 aliphatic carbocycles. The highest BCUT2D eigenvalue weighted by Gasteiger charge is 2.14. The summed E-state index contributed by atoms with van der Waals surface area (Å²) >= 11 is 1.65. The topological polar surface area (TPSA) is 71.2 Å². The van der Waals surface area contributed by atoms with Crippen LogP contribution in [0.5, 0.6) is 0 Å². The lowest BCUT2D eigenvalue weighted by Gasteiger charge is -2.17. The van der Waals surface area contributed by atoms with Crippen molar-refractivity contribution in [2.75, 3.05) is 25.1 Å². The minimum atomic E-state index is -0.0456. The van der Waals surface area contributed by atoms with Gasteiger partial charge in [0.1, 0.15) is 5.01 Å². The Morgan fingerprint density at radius 2 is 2.14 bits per heavy atom. The van der Waals surface area contributed by atoms with Gasteiger partial charge < -0.3 is 16.0 Å². The molecule has 2 aromatic rings. The molecule has 0 saturated carbocycles. The van der Waals surface area contributed by atoms with Gasteiger partial charge in [0, 0.05) is 30.7 Å². The third-order valence-corrected chi connectivity index (χ3v) is 4.18. The van der Waals surface area contributed by atoms with Crippen LogP contribution >= 0.6 is 11.3 Å². The van der Waals surface area contributed by atoms with E-state index >= 15 is 0 Å². The van der Waals surface area contributed by atoms with Crippen molar-refractivity contribution in [1.29, 1.82) is 0 Å². The molecule has 1 heterocycles. The van der Waals surface area contributed by atoms with Gasteiger partial charge in [-0.05, 0) is 32.0 Å². The fraction of sp³-hybridized carbons (Fsp3) is 0.333. The van der Waals surface area contributed by atoms with Crippen LogP contribution in [0.1, 0.15) is 33.2 Å². The summed E-state index contributed by atoms with van der Waals surface area (Å²) in [6.07, 6.45) is 1.85. The molecule has 1 atom stereocenters. The van der Waals surface area contributed by atoms with Gasteiger partial charge in [0.05, 0.1) is 17.4 Å². The first-order valence-corrected chi connectivity index (χ1v) is 7.50. The van der Waals surface area contributed by atoms with Crippen molar-refractivity contribution < 1.29 is 4.79 Å².